The standard InChI is InChI=1S/C25H23N3O5/c1-31-19-9-7-16(8-10-19)22-23(27-18-12-20(32-2)14-21(13-18)33-3)25(30)28(24(22)29)15-17-6-4-5-11-26-17/h4-14,27H,15H2,1-3H3. The number of amides is 2. The number of imide groups is 1. The number of nitrogens with zero attached hydrogens (tertiary/aromatic N) is 2. The van der Waals surface area contributed by atoms with Crippen molar-refractivity contribution in [3.8, 4) is 17.2 Å². The Bertz CT molecular complexity index is 1180. The average Bonchev–Trinajstić information content (AvgIpc) is 3.08. The molecule has 33 heavy (non-hydrogen) atoms. The first-order valence-electron chi connectivity index (χ1n) is 10.2. The second-order valence-electron chi connectivity index (χ2n) is 7.22. The minimum atomic E-state index is -0.446. The van der Waals surface area contributed by atoms with Crippen LogP contribution in [-0.4, -0.2) is 43.0 Å². The van der Waals surface area contributed by atoms with Crippen molar-refractivity contribution >= 4 is 23.1 Å². The van der Waals surface area contributed by atoms with Gasteiger partial charge >= 0.3 is 0 Å². The van der Waals surface area contributed by atoms with E-state index in [0.717, 1.165) is 0 Å². The van der Waals surface area contributed by atoms with Crippen LogP contribution in [0, 0.1) is 0 Å². The van der Waals surface area contributed by atoms with E-state index in [1.54, 1.807) is 82.1 Å². The van der Waals surface area contributed by atoms with E-state index >= 15 is 0 Å². The largest absolute Gasteiger partial charge is 0.497 e. The van der Waals surface area contributed by atoms with Gasteiger partial charge in [0.05, 0.1) is 39.1 Å². The third-order valence-electron chi connectivity index (χ3n) is 5.21. The lowest BCUT2D eigenvalue weighted by Crippen LogP contribution is -2.32. The molecule has 1 aromatic heterocycles. The van der Waals surface area contributed by atoms with E-state index in [9.17, 15) is 9.59 Å². The number of nitrogens with one attached hydrogen (secondary N) is 1. The van der Waals surface area contributed by atoms with E-state index in [2.05, 4.69) is 10.3 Å². The summed E-state index contributed by atoms with van der Waals surface area (Å²) in [6.07, 6.45) is 1.62. The summed E-state index contributed by atoms with van der Waals surface area (Å²) < 4.78 is 15.9. The Kier molecular flexibility index (Phi) is 6.26. The van der Waals surface area contributed by atoms with Crippen LogP contribution in [0.25, 0.3) is 5.57 Å². The fourth-order valence-corrected chi connectivity index (χ4v) is 3.54. The summed E-state index contributed by atoms with van der Waals surface area (Å²) >= 11 is 0. The van der Waals surface area contributed by atoms with E-state index in [1.807, 2.05) is 6.07 Å². The number of hydrogen-bond donors (Lipinski definition) is 1. The van der Waals surface area contributed by atoms with Gasteiger partial charge in [-0.25, -0.2) is 0 Å². The van der Waals surface area contributed by atoms with Crippen LogP contribution in [0.15, 0.2) is 72.6 Å². The van der Waals surface area contributed by atoms with Crippen LogP contribution in [0.4, 0.5) is 5.69 Å². The highest BCUT2D eigenvalue weighted by molar-refractivity contribution is 6.36. The number of carbonyl (C=O) groups excluding carboxylic acids is 2. The summed E-state index contributed by atoms with van der Waals surface area (Å²) in [6, 6.07) is 17.5. The zero-order valence-corrected chi connectivity index (χ0v) is 18.5. The van der Waals surface area contributed by atoms with Crippen LogP contribution in [-0.2, 0) is 16.1 Å². The monoisotopic (exact) mass is 445 g/mol. The Hall–Kier alpha value is -4.33. The van der Waals surface area contributed by atoms with Gasteiger partial charge in [-0.15, -0.1) is 0 Å². The summed E-state index contributed by atoms with van der Waals surface area (Å²) in [5, 5.41) is 3.12. The lowest BCUT2D eigenvalue weighted by atomic mass is 10.0. The molecule has 2 amide bonds. The van der Waals surface area contributed by atoms with Crippen molar-refractivity contribution in [3.63, 3.8) is 0 Å². The van der Waals surface area contributed by atoms with Crippen LogP contribution in [0.1, 0.15) is 11.3 Å². The maximum absolute atomic E-state index is 13.4. The molecule has 4 rings (SSSR count). The lowest BCUT2D eigenvalue weighted by molar-refractivity contribution is -0.137. The number of ether oxygens (including phenoxy) is 3. The molecular weight excluding hydrogens is 422 g/mol. The van der Waals surface area contributed by atoms with Gasteiger partial charge in [0.2, 0.25) is 0 Å². The van der Waals surface area contributed by atoms with E-state index in [4.69, 9.17) is 14.2 Å². The van der Waals surface area contributed by atoms with Crippen molar-refractivity contribution in [2.75, 3.05) is 26.6 Å². The third-order valence-corrected chi connectivity index (χ3v) is 5.21. The van der Waals surface area contributed by atoms with E-state index in [-0.39, 0.29) is 17.8 Å². The molecule has 0 atom stereocenters. The molecule has 1 aliphatic rings. The van der Waals surface area contributed by atoms with Crippen molar-refractivity contribution in [1.29, 1.82) is 0 Å². The first kappa shape index (κ1) is 21.9. The molecule has 0 saturated heterocycles. The quantitative estimate of drug-likeness (QED) is 0.531. The highest BCUT2D eigenvalue weighted by Gasteiger charge is 2.39. The van der Waals surface area contributed by atoms with Crippen molar-refractivity contribution in [2.24, 2.45) is 0 Å². The molecule has 168 valence electrons. The summed E-state index contributed by atoms with van der Waals surface area (Å²) in [6.45, 7) is 0.0603. The number of pyridine rings is 1. The predicted octanol–water partition coefficient (Wildman–Crippen LogP) is 3.50. The summed E-state index contributed by atoms with van der Waals surface area (Å²) in [5.41, 5.74) is 2.18. The van der Waals surface area contributed by atoms with Crippen molar-refractivity contribution in [2.45, 2.75) is 6.54 Å². The number of benzene rings is 2. The molecule has 2 heterocycles. The van der Waals surface area contributed by atoms with Crippen LogP contribution in [0.2, 0.25) is 0 Å². The Morgan fingerprint density at radius 1 is 0.818 bits per heavy atom. The van der Waals surface area contributed by atoms with Crippen molar-refractivity contribution in [3.05, 3.63) is 83.8 Å². The molecule has 1 aliphatic heterocycles. The van der Waals surface area contributed by atoms with Crippen LogP contribution < -0.4 is 19.5 Å². The molecule has 0 aliphatic carbocycles. The molecule has 0 bridgehead atoms. The Labute approximate surface area is 191 Å². The third kappa shape index (κ3) is 4.50. The van der Waals surface area contributed by atoms with E-state index < -0.39 is 11.8 Å². The fourth-order valence-electron chi connectivity index (χ4n) is 3.54. The minimum absolute atomic E-state index is 0.0603. The Balaban J connectivity index is 1.76. The average molecular weight is 445 g/mol. The minimum Gasteiger partial charge on any atom is -0.497 e. The summed E-state index contributed by atoms with van der Waals surface area (Å²) in [5.74, 6) is 0.885. The SMILES string of the molecule is COc1ccc(C2=C(Nc3cc(OC)cc(OC)c3)C(=O)N(Cc3ccccn3)C2=O)cc1. The first-order chi connectivity index (χ1) is 16.0. The summed E-state index contributed by atoms with van der Waals surface area (Å²) in [7, 11) is 4.65. The van der Waals surface area contributed by atoms with Gasteiger partial charge in [-0.1, -0.05) is 18.2 Å². The van der Waals surface area contributed by atoms with Gasteiger partial charge in [-0.2, -0.15) is 0 Å². The Morgan fingerprint density at radius 2 is 1.48 bits per heavy atom. The van der Waals surface area contributed by atoms with Crippen LogP contribution in [0.5, 0.6) is 17.2 Å². The zero-order valence-electron chi connectivity index (χ0n) is 18.5. The molecule has 2 aromatic carbocycles. The Morgan fingerprint density at radius 3 is 2.06 bits per heavy atom. The highest BCUT2D eigenvalue weighted by atomic mass is 16.5. The predicted molar refractivity (Wildman–Crippen MR) is 123 cm³/mol. The molecule has 0 saturated carbocycles. The van der Waals surface area contributed by atoms with Gasteiger partial charge < -0.3 is 19.5 Å². The topological polar surface area (TPSA) is 90.0 Å². The molecule has 0 spiro atoms. The highest BCUT2D eigenvalue weighted by Crippen LogP contribution is 2.34. The van der Waals surface area contributed by atoms with E-state index in [0.29, 0.717) is 34.2 Å². The molecule has 8 nitrogen and oxygen atoms in total. The maximum atomic E-state index is 13.4. The van der Waals surface area contributed by atoms with Crippen molar-refractivity contribution < 1.29 is 23.8 Å². The first-order valence-corrected chi connectivity index (χ1v) is 10.2. The number of rotatable bonds is 8. The number of hydrogen-bond acceptors (Lipinski definition) is 7. The molecule has 0 fully saturated rings. The lowest BCUT2D eigenvalue weighted by Gasteiger charge is -2.15. The van der Waals surface area contributed by atoms with Gasteiger partial charge in [-0.05, 0) is 29.8 Å². The smallest absolute Gasteiger partial charge is 0.278 e. The number of aromatic nitrogens is 1. The van der Waals surface area contributed by atoms with E-state index in [1.165, 1.54) is 4.90 Å². The van der Waals surface area contributed by atoms with Gasteiger partial charge in [-0.3, -0.25) is 19.5 Å². The molecule has 1 N–H and O–H groups in total. The molecular formula is C25H23N3O5. The maximum Gasteiger partial charge on any atom is 0.278 e. The van der Waals surface area contributed by atoms with Crippen LogP contribution in [0.3, 0.4) is 0 Å². The second kappa shape index (κ2) is 9.44. The molecule has 0 radical (unpaired) electrons. The second-order valence-corrected chi connectivity index (χ2v) is 7.22. The number of anilines is 1. The molecule has 3 aromatic rings. The van der Waals surface area contributed by atoms with Crippen molar-refractivity contribution in [1.82, 2.24) is 9.88 Å². The van der Waals surface area contributed by atoms with Gasteiger partial charge in [0.1, 0.15) is 22.9 Å². The van der Waals surface area contributed by atoms with Crippen LogP contribution >= 0.6 is 0 Å². The molecule has 0 unspecified atom stereocenters. The summed E-state index contributed by atoms with van der Waals surface area (Å²) in [4.78, 5) is 32.3. The normalized spacial score (nSPS) is 13.4. The van der Waals surface area contributed by atoms with Gasteiger partial charge in [0, 0.05) is 30.1 Å². The molecule has 8 heteroatoms. The zero-order chi connectivity index (χ0) is 23.4. The van der Waals surface area contributed by atoms with Gasteiger partial charge in [0.25, 0.3) is 11.8 Å². The number of carbonyl (C=O) groups is 2. The fraction of sp³-hybridized carbons (Fsp3) is 0.160. The van der Waals surface area contributed by atoms with Gasteiger partial charge in [0.15, 0.2) is 0 Å². The number of methoxy groups -OCH3 is 3.